The number of nitrogens with two attached hydrogens (primary N) is 3. The normalized spacial score (nSPS) is 14.1. The Morgan fingerprint density at radius 3 is 2.24 bits per heavy atom. The zero-order valence-corrected chi connectivity index (χ0v) is 18.9. The number of carbonyl (C=O) groups is 4. The van der Waals surface area contributed by atoms with Gasteiger partial charge in [-0.3, -0.25) is 24.2 Å². The molecule has 4 atom stereocenters. The van der Waals surface area contributed by atoms with E-state index in [0.717, 1.165) is 0 Å². The Bertz CT molecular complexity index is 858. The smallest absolute Gasteiger partial charge is 0.322 e. The van der Waals surface area contributed by atoms with E-state index in [4.69, 9.17) is 22.3 Å². The van der Waals surface area contributed by atoms with E-state index in [2.05, 4.69) is 20.9 Å². The Morgan fingerprint density at radius 2 is 1.68 bits per heavy atom. The van der Waals surface area contributed by atoms with Crippen LogP contribution in [0.25, 0.3) is 0 Å². The molecule has 1 aromatic rings. The Morgan fingerprint density at radius 1 is 1.03 bits per heavy atom. The van der Waals surface area contributed by atoms with Gasteiger partial charge in [0.2, 0.25) is 17.7 Å². The molecule has 0 saturated heterocycles. The number of carboxylic acids is 1. The van der Waals surface area contributed by atoms with Crippen LogP contribution in [-0.2, 0) is 25.6 Å². The zero-order valence-electron chi connectivity index (χ0n) is 18.9. The van der Waals surface area contributed by atoms with Crippen LogP contribution in [0.1, 0.15) is 25.3 Å². The Labute approximate surface area is 197 Å². The summed E-state index contributed by atoms with van der Waals surface area (Å²) in [7, 11) is 0. The lowest BCUT2D eigenvalue weighted by atomic mass is 10.0. The molecule has 0 heterocycles. The number of carboxylic acid groups (broad SMARTS) is 1. The van der Waals surface area contributed by atoms with Crippen molar-refractivity contribution in [2.75, 3.05) is 13.1 Å². The van der Waals surface area contributed by atoms with Crippen molar-refractivity contribution < 1.29 is 29.4 Å². The van der Waals surface area contributed by atoms with Gasteiger partial charge in [0.25, 0.3) is 0 Å². The molecule has 0 radical (unpaired) electrons. The van der Waals surface area contributed by atoms with E-state index in [0.29, 0.717) is 12.0 Å². The summed E-state index contributed by atoms with van der Waals surface area (Å²) in [5.41, 5.74) is 17.0. The fourth-order valence-corrected chi connectivity index (χ4v) is 2.92. The highest BCUT2D eigenvalue weighted by Gasteiger charge is 2.31. The van der Waals surface area contributed by atoms with Gasteiger partial charge in [-0.15, -0.1) is 0 Å². The molecule has 0 aliphatic heterocycles. The molecule has 0 aliphatic carbocycles. The minimum absolute atomic E-state index is 0.0583. The molecule has 188 valence electrons. The van der Waals surface area contributed by atoms with Gasteiger partial charge in [0.1, 0.15) is 18.6 Å². The molecule has 11 N–H and O–H groups in total. The zero-order chi connectivity index (χ0) is 25.7. The van der Waals surface area contributed by atoms with Gasteiger partial charge in [-0.25, -0.2) is 0 Å². The van der Waals surface area contributed by atoms with Crippen molar-refractivity contribution in [3.63, 3.8) is 0 Å². The molecule has 1 aromatic carbocycles. The summed E-state index contributed by atoms with van der Waals surface area (Å²) in [6, 6.07) is 5.21. The van der Waals surface area contributed by atoms with Crippen LogP contribution in [0.15, 0.2) is 35.3 Å². The van der Waals surface area contributed by atoms with Crippen LogP contribution in [0.5, 0.6) is 0 Å². The number of nitrogens with one attached hydrogen (secondary N) is 3. The van der Waals surface area contributed by atoms with E-state index in [1.165, 1.54) is 6.92 Å². The molecule has 4 unspecified atom stereocenters. The minimum Gasteiger partial charge on any atom is -0.480 e. The first kappa shape index (κ1) is 28.3. The van der Waals surface area contributed by atoms with Gasteiger partial charge < -0.3 is 43.4 Å². The van der Waals surface area contributed by atoms with Crippen molar-refractivity contribution in [3.05, 3.63) is 35.9 Å². The minimum atomic E-state index is -1.40. The number of aliphatic hydroxyl groups is 1. The molecular weight excluding hydrogens is 446 g/mol. The Balaban J connectivity index is 2.85. The van der Waals surface area contributed by atoms with Crippen LogP contribution in [0.3, 0.4) is 0 Å². The van der Waals surface area contributed by atoms with E-state index < -0.39 is 54.5 Å². The topological polar surface area (TPSA) is 235 Å². The first-order valence-corrected chi connectivity index (χ1v) is 10.6. The third-order valence-electron chi connectivity index (χ3n) is 4.70. The third kappa shape index (κ3) is 10.7. The predicted molar refractivity (Wildman–Crippen MR) is 124 cm³/mol. The number of nitrogens with zero attached hydrogens (tertiary/aromatic N) is 1. The van der Waals surface area contributed by atoms with Crippen molar-refractivity contribution in [1.82, 2.24) is 16.0 Å². The average molecular weight is 480 g/mol. The Hall–Kier alpha value is -3.71. The van der Waals surface area contributed by atoms with E-state index in [1.807, 2.05) is 0 Å². The number of guanidine groups is 1. The lowest BCUT2D eigenvalue weighted by molar-refractivity contribution is -0.138. The summed E-state index contributed by atoms with van der Waals surface area (Å²) in [5.74, 6) is -3.57. The van der Waals surface area contributed by atoms with Crippen LogP contribution in [0, 0.1) is 0 Å². The molecule has 0 aromatic heterocycles. The van der Waals surface area contributed by atoms with Crippen LogP contribution in [0.2, 0.25) is 0 Å². The lowest BCUT2D eigenvalue weighted by Crippen LogP contribution is -2.59. The number of aliphatic carboxylic acids is 1. The summed E-state index contributed by atoms with van der Waals surface area (Å²) in [6.07, 6.45) is -0.605. The molecule has 13 heteroatoms. The quantitative estimate of drug-likeness (QED) is 0.0778. The van der Waals surface area contributed by atoms with Crippen LogP contribution in [-0.4, -0.2) is 77.2 Å². The molecule has 0 saturated carbocycles. The molecule has 0 aliphatic rings. The number of rotatable bonds is 14. The van der Waals surface area contributed by atoms with Gasteiger partial charge in [-0.2, -0.15) is 0 Å². The van der Waals surface area contributed by atoms with Crippen LogP contribution >= 0.6 is 0 Å². The summed E-state index contributed by atoms with van der Waals surface area (Å²) in [4.78, 5) is 52.4. The number of aliphatic imine (C=N–C) groups is 1. The van der Waals surface area contributed by atoms with E-state index in [1.54, 1.807) is 30.3 Å². The van der Waals surface area contributed by atoms with Gasteiger partial charge in [-0.05, 0) is 25.3 Å². The van der Waals surface area contributed by atoms with Gasteiger partial charge >= 0.3 is 5.97 Å². The summed E-state index contributed by atoms with van der Waals surface area (Å²) >= 11 is 0. The lowest BCUT2D eigenvalue weighted by Gasteiger charge is -2.25. The Kier molecular flexibility index (Phi) is 12.0. The molecule has 0 bridgehead atoms. The first-order chi connectivity index (χ1) is 16.0. The van der Waals surface area contributed by atoms with Crippen molar-refractivity contribution in [1.29, 1.82) is 0 Å². The predicted octanol–water partition coefficient (Wildman–Crippen LogP) is -2.84. The number of benzene rings is 1. The standard InChI is InChI=1S/C21H33N7O6/c1-12(29)17(28-18(32)14(22)8-5-9-25-21(23)24)20(34)27-15(19(33)26-11-16(30)31)10-13-6-3-2-4-7-13/h2-4,6-7,12,14-15,17,29H,5,8-11,22H2,1H3,(H,26,33)(H,27,34)(H,28,32)(H,30,31)(H4,23,24,25). The largest absolute Gasteiger partial charge is 0.480 e. The van der Waals surface area contributed by atoms with Crippen LogP contribution in [0.4, 0.5) is 0 Å². The first-order valence-electron chi connectivity index (χ1n) is 10.6. The summed E-state index contributed by atoms with van der Waals surface area (Å²) in [6.45, 7) is 0.938. The summed E-state index contributed by atoms with van der Waals surface area (Å²) in [5, 5.41) is 26.0. The average Bonchev–Trinajstić information content (AvgIpc) is 2.78. The van der Waals surface area contributed by atoms with E-state index >= 15 is 0 Å². The molecular formula is C21H33N7O6. The second kappa shape index (κ2) is 14.4. The van der Waals surface area contributed by atoms with Crippen molar-refractivity contribution >= 4 is 29.7 Å². The number of amides is 3. The second-order valence-electron chi connectivity index (χ2n) is 7.64. The third-order valence-corrected chi connectivity index (χ3v) is 4.70. The van der Waals surface area contributed by atoms with Gasteiger partial charge in [0.05, 0.1) is 12.1 Å². The summed E-state index contributed by atoms with van der Waals surface area (Å²) < 4.78 is 0. The monoisotopic (exact) mass is 479 g/mol. The van der Waals surface area contributed by atoms with Crippen molar-refractivity contribution in [3.8, 4) is 0 Å². The highest BCUT2D eigenvalue weighted by molar-refractivity contribution is 5.94. The van der Waals surface area contributed by atoms with Crippen LogP contribution < -0.4 is 33.2 Å². The van der Waals surface area contributed by atoms with Gasteiger partial charge in [0.15, 0.2) is 5.96 Å². The maximum Gasteiger partial charge on any atom is 0.322 e. The number of carbonyl (C=O) groups excluding carboxylic acids is 3. The fourth-order valence-electron chi connectivity index (χ4n) is 2.92. The van der Waals surface area contributed by atoms with Crippen molar-refractivity contribution in [2.24, 2.45) is 22.2 Å². The molecule has 0 fully saturated rings. The molecule has 3 amide bonds. The number of aliphatic hydroxyl groups excluding tert-OH is 1. The molecule has 0 spiro atoms. The second-order valence-corrected chi connectivity index (χ2v) is 7.64. The number of hydrogen-bond acceptors (Lipinski definition) is 7. The van der Waals surface area contributed by atoms with E-state index in [-0.39, 0.29) is 25.3 Å². The maximum absolute atomic E-state index is 12.9. The number of hydrogen-bond donors (Lipinski definition) is 8. The highest BCUT2D eigenvalue weighted by Crippen LogP contribution is 2.05. The fraction of sp³-hybridized carbons (Fsp3) is 0.476. The van der Waals surface area contributed by atoms with Gasteiger partial charge in [0, 0.05) is 13.0 Å². The van der Waals surface area contributed by atoms with Crippen molar-refractivity contribution in [2.45, 2.75) is 50.4 Å². The SMILES string of the molecule is CC(O)C(NC(=O)C(N)CCCN=C(N)N)C(=O)NC(Cc1ccccc1)C(=O)NCC(=O)O. The van der Waals surface area contributed by atoms with E-state index in [9.17, 15) is 24.3 Å². The van der Waals surface area contributed by atoms with Gasteiger partial charge in [-0.1, -0.05) is 30.3 Å². The molecule has 13 nitrogen and oxygen atoms in total. The molecule has 1 rings (SSSR count). The maximum atomic E-state index is 12.9. The highest BCUT2D eigenvalue weighted by atomic mass is 16.4. The molecule has 34 heavy (non-hydrogen) atoms.